The van der Waals surface area contributed by atoms with Gasteiger partial charge in [-0.3, -0.25) is 4.79 Å². The summed E-state index contributed by atoms with van der Waals surface area (Å²) in [4.78, 5) is 24.6. The van der Waals surface area contributed by atoms with Crippen molar-refractivity contribution in [3.05, 3.63) is 112 Å². The maximum Gasteiger partial charge on any atom is 0.333 e. The molecular weight excluding hydrogens is 741 g/mol. The van der Waals surface area contributed by atoms with E-state index in [9.17, 15) is 9.90 Å². The lowest BCUT2D eigenvalue weighted by Crippen LogP contribution is -1.94. The van der Waals surface area contributed by atoms with Crippen molar-refractivity contribution in [2.75, 3.05) is 0 Å². The van der Waals surface area contributed by atoms with Gasteiger partial charge in [-0.1, -0.05) is 76.6 Å². The summed E-state index contributed by atoms with van der Waals surface area (Å²) in [6.07, 6.45) is 13.3. The SMILES string of the molecule is [C-]#[N+]/C(=C\c1ccc(-c2sc(-c3cc(CCCCCC)c(-c4ccc(-c5ccc6c(c5)c5ccccc5n6CC)s4)s3)cc2CCCCCC)s1)C(=O)O. The number of nitrogens with zero attached hydrogens (tertiary/aromatic N) is 2. The number of carboxylic acids is 1. The maximum absolute atomic E-state index is 11.5. The number of unbranched alkanes of at least 4 members (excludes halogenated alkanes) is 6. The van der Waals surface area contributed by atoms with Crippen LogP contribution in [-0.4, -0.2) is 15.6 Å². The van der Waals surface area contributed by atoms with E-state index in [1.54, 1.807) is 11.3 Å². The molecule has 5 aromatic heterocycles. The Kier molecular flexibility index (Phi) is 12.3. The summed E-state index contributed by atoms with van der Waals surface area (Å²) in [6.45, 7) is 15.0. The van der Waals surface area contributed by atoms with Gasteiger partial charge in [0.05, 0.1) is 6.57 Å². The zero-order chi connectivity index (χ0) is 37.6. The summed E-state index contributed by atoms with van der Waals surface area (Å²) in [5.74, 6) is -1.19. The number of thiophene rings is 4. The Morgan fingerprint density at radius 1 is 0.667 bits per heavy atom. The lowest BCUT2D eigenvalue weighted by Gasteiger charge is -2.04. The van der Waals surface area contributed by atoms with Gasteiger partial charge in [-0.05, 0) is 110 Å². The number of aromatic nitrogens is 1. The molecule has 5 heterocycles. The molecule has 4 nitrogen and oxygen atoms in total. The largest absolute Gasteiger partial charge is 0.486 e. The number of fused-ring (bicyclic) bond motifs is 3. The second kappa shape index (κ2) is 17.5. The van der Waals surface area contributed by atoms with Gasteiger partial charge < -0.3 is 9.67 Å². The Morgan fingerprint density at radius 3 is 1.91 bits per heavy atom. The van der Waals surface area contributed by atoms with E-state index in [4.69, 9.17) is 6.57 Å². The Morgan fingerprint density at radius 2 is 1.28 bits per heavy atom. The van der Waals surface area contributed by atoms with Gasteiger partial charge in [-0.2, -0.15) is 0 Å². The number of benzene rings is 2. The van der Waals surface area contributed by atoms with E-state index in [1.165, 1.54) is 119 Å². The number of para-hydroxylation sites is 1. The zero-order valence-electron chi connectivity index (χ0n) is 31.2. The van der Waals surface area contributed by atoms with E-state index in [2.05, 4.69) is 103 Å². The van der Waals surface area contributed by atoms with Crippen LogP contribution in [0.15, 0.2) is 84.6 Å². The maximum atomic E-state index is 11.5. The minimum atomic E-state index is -1.19. The molecule has 0 spiro atoms. The second-order valence-corrected chi connectivity index (χ2v) is 18.2. The molecule has 0 radical (unpaired) electrons. The van der Waals surface area contributed by atoms with Crippen LogP contribution in [0.4, 0.5) is 0 Å². The van der Waals surface area contributed by atoms with Gasteiger partial charge in [-0.15, -0.1) is 45.3 Å². The fourth-order valence-electron chi connectivity index (χ4n) is 7.37. The minimum absolute atomic E-state index is 0.256. The molecule has 0 atom stereocenters. The Labute approximate surface area is 334 Å². The quantitative estimate of drug-likeness (QED) is 0.0568. The molecule has 2 aromatic carbocycles. The van der Waals surface area contributed by atoms with Gasteiger partial charge in [0.2, 0.25) is 0 Å². The average Bonchev–Trinajstić information content (AvgIpc) is 4.03. The first-order valence-corrected chi connectivity index (χ1v) is 22.5. The highest BCUT2D eigenvalue weighted by atomic mass is 32.1. The summed E-state index contributed by atoms with van der Waals surface area (Å²) in [6, 6.07) is 29.3. The zero-order valence-corrected chi connectivity index (χ0v) is 34.5. The molecular formula is C46H46N2O2S4. The molecule has 0 aliphatic rings. The lowest BCUT2D eigenvalue weighted by atomic mass is 10.0. The highest BCUT2D eigenvalue weighted by Crippen LogP contribution is 2.48. The van der Waals surface area contributed by atoms with Crippen molar-refractivity contribution >= 4 is 79.2 Å². The molecule has 0 aliphatic heterocycles. The predicted octanol–water partition coefficient (Wildman–Crippen LogP) is 15.3. The molecule has 0 unspecified atom stereocenters. The predicted molar refractivity (Wildman–Crippen MR) is 236 cm³/mol. The first kappa shape index (κ1) is 38.0. The van der Waals surface area contributed by atoms with Crippen LogP contribution in [-0.2, 0) is 24.2 Å². The third-order valence-corrected chi connectivity index (χ3v) is 15.2. The van der Waals surface area contributed by atoms with Crippen LogP contribution in [0.25, 0.3) is 72.4 Å². The summed E-state index contributed by atoms with van der Waals surface area (Å²) in [7, 11) is 0. The van der Waals surface area contributed by atoms with Crippen molar-refractivity contribution in [2.24, 2.45) is 0 Å². The third kappa shape index (κ3) is 8.06. The fraction of sp³-hybridized carbons (Fsp3) is 0.304. The molecule has 0 bridgehead atoms. The van der Waals surface area contributed by atoms with Crippen LogP contribution >= 0.6 is 45.3 Å². The molecule has 8 heteroatoms. The molecule has 276 valence electrons. The van der Waals surface area contributed by atoms with Crippen molar-refractivity contribution < 1.29 is 9.90 Å². The fourth-order valence-corrected chi connectivity index (χ4v) is 12.1. The number of carbonyl (C=O) groups is 1. The standard InChI is InChI=1S/C46H46N2O2S4/c1-5-8-10-12-16-31-27-42(53-44(31)40-23-21-33(51-40)29-36(47-4)46(49)50)43-28-32(17-13-11-9-6-2)45(54-43)41-25-24-39(52-41)30-20-22-38-35(26-30)34-18-14-15-19-37(34)48(38)7-3/h14-15,18-29H,5-13,16-17H2,1-3H3,(H,49,50)/b36-29-. The van der Waals surface area contributed by atoms with Crippen LogP contribution in [0.2, 0.25) is 0 Å². The van der Waals surface area contributed by atoms with Crippen LogP contribution in [0.3, 0.4) is 0 Å². The van der Waals surface area contributed by atoms with Gasteiger partial charge in [0.15, 0.2) is 0 Å². The van der Waals surface area contributed by atoms with Gasteiger partial charge in [0, 0.05) is 67.4 Å². The van der Waals surface area contributed by atoms with Gasteiger partial charge >= 0.3 is 5.97 Å². The van der Waals surface area contributed by atoms with Crippen molar-refractivity contribution in [1.82, 2.24) is 4.57 Å². The Bertz CT molecular complexity index is 2480. The Balaban J connectivity index is 1.25. The van der Waals surface area contributed by atoms with Crippen LogP contribution < -0.4 is 0 Å². The number of hydrogen-bond donors (Lipinski definition) is 1. The average molecular weight is 787 g/mol. The van der Waals surface area contributed by atoms with Gasteiger partial charge in [0.1, 0.15) is 0 Å². The first-order valence-electron chi connectivity index (χ1n) is 19.2. The molecule has 7 aromatic rings. The molecule has 0 fully saturated rings. The molecule has 0 saturated carbocycles. The third-order valence-electron chi connectivity index (χ3n) is 10.1. The lowest BCUT2D eigenvalue weighted by molar-refractivity contribution is -0.132. The summed E-state index contributed by atoms with van der Waals surface area (Å²) in [5, 5.41) is 12.1. The highest BCUT2D eigenvalue weighted by molar-refractivity contribution is 7.29. The van der Waals surface area contributed by atoms with E-state index in [0.717, 1.165) is 35.6 Å². The molecule has 54 heavy (non-hydrogen) atoms. The molecule has 0 aliphatic carbocycles. The van der Waals surface area contributed by atoms with E-state index in [0.29, 0.717) is 0 Å². The Hall–Kier alpha value is -4.26. The van der Waals surface area contributed by atoms with Crippen molar-refractivity contribution in [1.29, 1.82) is 0 Å². The summed E-state index contributed by atoms with van der Waals surface area (Å²) < 4.78 is 2.42. The molecule has 1 N–H and O–H groups in total. The van der Waals surface area contributed by atoms with Crippen molar-refractivity contribution in [2.45, 2.75) is 91.5 Å². The molecule has 7 rings (SSSR count). The number of aryl methyl sites for hydroxylation is 3. The molecule has 0 amide bonds. The summed E-state index contributed by atoms with van der Waals surface area (Å²) in [5.41, 5.74) is 6.41. The highest BCUT2D eigenvalue weighted by Gasteiger charge is 2.20. The topological polar surface area (TPSA) is 46.6 Å². The summed E-state index contributed by atoms with van der Waals surface area (Å²) >= 11 is 7.26. The minimum Gasteiger partial charge on any atom is -0.486 e. The normalized spacial score (nSPS) is 11.9. The first-order chi connectivity index (χ1) is 26.4. The van der Waals surface area contributed by atoms with Crippen molar-refractivity contribution in [3.63, 3.8) is 0 Å². The molecule has 0 saturated heterocycles. The van der Waals surface area contributed by atoms with Crippen LogP contribution in [0, 0.1) is 6.57 Å². The van der Waals surface area contributed by atoms with Gasteiger partial charge in [-0.25, -0.2) is 4.85 Å². The number of hydrogen-bond acceptors (Lipinski definition) is 5. The number of carboxylic acid groups (broad SMARTS) is 1. The van der Waals surface area contributed by atoms with Crippen LogP contribution in [0.5, 0.6) is 0 Å². The second-order valence-electron chi connectivity index (χ2n) is 13.9. The number of aliphatic carboxylic acids is 1. The van der Waals surface area contributed by atoms with E-state index in [1.807, 2.05) is 40.1 Å². The van der Waals surface area contributed by atoms with E-state index < -0.39 is 5.97 Å². The van der Waals surface area contributed by atoms with E-state index >= 15 is 0 Å². The monoisotopic (exact) mass is 786 g/mol. The smallest absolute Gasteiger partial charge is 0.333 e. The van der Waals surface area contributed by atoms with Gasteiger partial charge in [0.25, 0.3) is 5.70 Å². The van der Waals surface area contributed by atoms with Crippen molar-refractivity contribution in [3.8, 4) is 39.7 Å². The number of rotatable bonds is 17. The van der Waals surface area contributed by atoms with E-state index in [-0.39, 0.29) is 5.70 Å². The van der Waals surface area contributed by atoms with Crippen LogP contribution in [0.1, 0.15) is 88.1 Å².